The molecule has 2 atom stereocenters. The van der Waals surface area contributed by atoms with E-state index < -0.39 is 26.5 Å². The minimum Gasteiger partial charge on any atom is -0.462 e. The number of unbranched alkanes of at least 4 members (excludes halogenated alkanes) is 30. The summed E-state index contributed by atoms with van der Waals surface area (Å²) in [6.45, 7) is 3.62. The van der Waals surface area contributed by atoms with Crippen LogP contribution in [0.25, 0.3) is 0 Å². The fraction of sp³-hybridized carbons (Fsp3) is 0.647. The van der Waals surface area contributed by atoms with E-state index in [1.54, 1.807) is 0 Å². The number of allylic oxidation sites excluding steroid dienone is 28. The summed E-state index contributed by atoms with van der Waals surface area (Å²) in [7, 11) is -4.41. The second kappa shape index (κ2) is 78.4. The lowest BCUT2D eigenvalue weighted by Crippen LogP contribution is -2.29. The number of hydrogen-bond acceptors (Lipinski definition) is 8. The highest BCUT2D eigenvalue weighted by Crippen LogP contribution is 2.43. The molecule has 2 unspecified atom stereocenters. The molecule has 0 saturated carbocycles. The van der Waals surface area contributed by atoms with Crippen molar-refractivity contribution in [2.24, 2.45) is 5.73 Å². The second-order valence-electron chi connectivity index (χ2n) is 25.1. The van der Waals surface area contributed by atoms with Gasteiger partial charge in [0.05, 0.1) is 13.2 Å². The SMILES string of the molecule is CC/C=C\C/C=C\C/C=C\C/C=C\C/C=C\C/C=C\C/C=C\C/C=C\C/C=C\C/C=C\C/C=C\CCCCCCCCCC(=O)OC(COC(=O)CCCCCCCCCCCCCCCCCCCC/C=C\C/C=C\C/C=C\CCCCCCC)COP(=O)(O)OCCN. The van der Waals surface area contributed by atoms with E-state index in [0.29, 0.717) is 6.42 Å². The molecular weight excluding hydrogens is 1190 g/mol. The number of carbonyl (C=O) groups excluding carboxylic acids is 2. The minimum absolute atomic E-state index is 0.0445. The molecule has 0 aliphatic rings. The Labute approximate surface area is 584 Å². The van der Waals surface area contributed by atoms with Gasteiger partial charge in [-0.05, 0) is 135 Å². The predicted molar refractivity (Wildman–Crippen MR) is 413 cm³/mol. The normalized spacial score (nSPS) is 13.9. The molecule has 0 heterocycles. The molecule has 3 N–H and O–H groups in total. The summed E-state index contributed by atoms with van der Waals surface area (Å²) in [6.07, 6.45) is 116. The predicted octanol–water partition coefficient (Wildman–Crippen LogP) is 26.1. The van der Waals surface area contributed by atoms with Crippen LogP contribution in [-0.2, 0) is 32.7 Å². The Morgan fingerprint density at radius 2 is 0.579 bits per heavy atom. The van der Waals surface area contributed by atoms with Crippen molar-refractivity contribution >= 4 is 19.8 Å². The van der Waals surface area contributed by atoms with Crippen molar-refractivity contribution in [1.29, 1.82) is 0 Å². The first-order chi connectivity index (χ1) is 46.8. The molecule has 0 radical (unpaired) electrons. The second-order valence-corrected chi connectivity index (χ2v) is 26.6. The van der Waals surface area contributed by atoms with E-state index in [1.807, 2.05) is 0 Å². The van der Waals surface area contributed by atoms with Crippen LogP contribution in [0.1, 0.15) is 322 Å². The van der Waals surface area contributed by atoms with Gasteiger partial charge in [-0.15, -0.1) is 0 Å². The van der Waals surface area contributed by atoms with Crippen LogP contribution in [0.5, 0.6) is 0 Å². The van der Waals surface area contributed by atoms with Gasteiger partial charge in [-0.2, -0.15) is 0 Å². The highest BCUT2D eigenvalue weighted by Gasteiger charge is 2.26. The average molecular weight is 1340 g/mol. The van der Waals surface area contributed by atoms with E-state index in [4.69, 9.17) is 24.3 Å². The van der Waals surface area contributed by atoms with Crippen molar-refractivity contribution < 1.29 is 37.6 Å². The highest BCUT2D eigenvalue weighted by molar-refractivity contribution is 7.47. The third kappa shape index (κ3) is 78.3. The molecule has 0 spiro atoms. The lowest BCUT2D eigenvalue weighted by Gasteiger charge is -2.19. The Morgan fingerprint density at radius 1 is 0.326 bits per heavy atom. The van der Waals surface area contributed by atoms with Gasteiger partial charge in [0.25, 0.3) is 0 Å². The zero-order valence-corrected chi connectivity index (χ0v) is 61.7. The van der Waals surface area contributed by atoms with E-state index in [1.165, 1.54) is 154 Å². The zero-order valence-electron chi connectivity index (χ0n) is 60.8. The van der Waals surface area contributed by atoms with Crippen molar-refractivity contribution in [2.45, 2.75) is 328 Å². The summed E-state index contributed by atoms with van der Waals surface area (Å²) >= 11 is 0. The summed E-state index contributed by atoms with van der Waals surface area (Å²) in [5, 5.41) is 0. The number of carbonyl (C=O) groups is 2. The van der Waals surface area contributed by atoms with Gasteiger partial charge in [0.2, 0.25) is 0 Å². The summed E-state index contributed by atoms with van der Waals surface area (Å²) in [5.74, 6) is -0.841. The molecule has 95 heavy (non-hydrogen) atoms. The number of phosphoric ester groups is 1. The lowest BCUT2D eigenvalue weighted by atomic mass is 10.0. The molecule has 10 heteroatoms. The average Bonchev–Trinajstić information content (AvgIpc) is 2.75. The summed E-state index contributed by atoms with van der Waals surface area (Å²) in [5.41, 5.74) is 5.41. The third-order valence-electron chi connectivity index (χ3n) is 16.1. The van der Waals surface area contributed by atoms with Crippen LogP contribution in [0.2, 0.25) is 0 Å². The first kappa shape index (κ1) is 90.4. The van der Waals surface area contributed by atoms with Gasteiger partial charge in [0.15, 0.2) is 6.10 Å². The molecule has 0 rings (SSSR count). The first-order valence-corrected chi connectivity index (χ1v) is 40.1. The van der Waals surface area contributed by atoms with Crippen molar-refractivity contribution in [3.63, 3.8) is 0 Å². The molecule has 0 aromatic rings. The van der Waals surface area contributed by atoms with Gasteiger partial charge in [-0.1, -0.05) is 344 Å². The maximum atomic E-state index is 12.8. The molecule has 0 aliphatic heterocycles. The van der Waals surface area contributed by atoms with E-state index >= 15 is 0 Å². The summed E-state index contributed by atoms with van der Waals surface area (Å²) in [4.78, 5) is 35.4. The van der Waals surface area contributed by atoms with Crippen molar-refractivity contribution in [2.75, 3.05) is 26.4 Å². The molecule has 0 fully saturated rings. The summed E-state index contributed by atoms with van der Waals surface area (Å²) in [6, 6.07) is 0. The van der Waals surface area contributed by atoms with E-state index in [0.717, 1.165) is 135 Å². The molecule has 9 nitrogen and oxygen atoms in total. The Morgan fingerprint density at radius 3 is 0.863 bits per heavy atom. The van der Waals surface area contributed by atoms with Crippen LogP contribution in [0.4, 0.5) is 0 Å². The first-order valence-electron chi connectivity index (χ1n) is 38.6. The molecule has 0 saturated heterocycles. The Kier molecular flexibility index (Phi) is 74.5. The molecule has 0 bridgehead atoms. The molecule has 0 aliphatic carbocycles. The Balaban J connectivity index is 3.94. The molecule has 0 aromatic carbocycles. The van der Waals surface area contributed by atoms with Gasteiger partial charge < -0.3 is 20.1 Å². The Hall–Kier alpha value is -4.63. The Bertz CT molecular complexity index is 2170. The van der Waals surface area contributed by atoms with Gasteiger partial charge in [-0.25, -0.2) is 4.57 Å². The van der Waals surface area contributed by atoms with Crippen molar-refractivity contribution in [1.82, 2.24) is 0 Å². The lowest BCUT2D eigenvalue weighted by molar-refractivity contribution is -0.161. The maximum Gasteiger partial charge on any atom is 0.472 e. The number of esters is 2. The fourth-order valence-electron chi connectivity index (χ4n) is 10.4. The van der Waals surface area contributed by atoms with E-state index in [-0.39, 0.29) is 38.6 Å². The maximum absolute atomic E-state index is 12.8. The topological polar surface area (TPSA) is 134 Å². The van der Waals surface area contributed by atoms with Crippen LogP contribution < -0.4 is 5.73 Å². The quantitative estimate of drug-likeness (QED) is 0.0264. The van der Waals surface area contributed by atoms with E-state index in [2.05, 4.69) is 184 Å². The molecule has 0 aromatic heterocycles. The summed E-state index contributed by atoms with van der Waals surface area (Å²) < 4.78 is 33.2. The number of ether oxygens (including phenoxy) is 2. The van der Waals surface area contributed by atoms with Crippen LogP contribution in [0.15, 0.2) is 170 Å². The van der Waals surface area contributed by atoms with Crippen LogP contribution in [0.3, 0.4) is 0 Å². The molecule has 540 valence electrons. The molecule has 0 amide bonds. The highest BCUT2D eigenvalue weighted by atomic mass is 31.2. The smallest absolute Gasteiger partial charge is 0.462 e. The third-order valence-corrected chi connectivity index (χ3v) is 17.1. The number of rotatable bonds is 71. The zero-order chi connectivity index (χ0) is 68.6. The van der Waals surface area contributed by atoms with Crippen molar-refractivity contribution in [3.05, 3.63) is 170 Å². The van der Waals surface area contributed by atoms with Gasteiger partial charge in [0, 0.05) is 19.4 Å². The van der Waals surface area contributed by atoms with Gasteiger partial charge in [-0.3, -0.25) is 18.6 Å². The van der Waals surface area contributed by atoms with Crippen LogP contribution in [-0.4, -0.2) is 49.3 Å². The monoisotopic (exact) mass is 1340 g/mol. The van der Waals surface area contributed by atoms with Crippen LogP contribution in [0, 0.1) is 0 Å². The number of phosphoric acid groups is 1. The van der Waals surface area contributed by atoms with Gasteiger partial charge >= 0.3 is 19.8 Å². The van der Waals surface area contributed by atoms with Crippen molar-refractivity contribution in [3.8, 4) is 0 Å². The van der Waals surface area contributed by atoms with Gasteiger partial charge in [0.1, 0.15) is 6.61 Å². The molecular formula is C85H142NO8P. The standard InChI is InChI=1S/C85H142NO8P/c1-3-5-7-9-11-13-15-17-19-21-23-25-27-29-31-33-35-37-38-39-40-41-42-43-44-46-48-50-52-54-56-58-60-62-64-66-68-70-72-74-76-78-85(88)94-83(82-93-95(89,90)92-80-79-86)81-91-84(87)77-75-73-71-69-67-65-63-61-59-57-55-53-51-49-47-45-36-34-32-30-28-26-24-22-20-18-16-14-12-10-8-6-4-2/h5,7,11,13,16-19,22-25,28-31,35,37,39-40,42-43,46,48,52,54,58,60,83H,3-4,6,8-10,12,14-15,20-21,26-27,32-34,36,38,41,44-45,47,49-51,53,55-57,59,61-82,86H2,1-2H3,(H,89,90)/b7-5-,13-11-,18-16-,19-17-,24-22-,25-23-,30-28-,31-29-,37-35-,40-39-,43-42-,48-46-,54-52-,60-58-. The fourth-order valence-corrected chi connectivity index (χ4v) is 11.2. The number of hydrogen-bond donors (Lipinski definition) is 2. The number of nitrogens with two attached hydrogens (primary N) is 1. The van der Waals surface area contributed by atoms with E-state index in [9.17, 15) is 19.0 Å². The van der Waals surface area contributed by atoms with Crippen LogP contribution >= 0.6 is 7.82 Å². The minimum atomic E-state index is -4.41. The largest absolute Gasteiger partial charge is 0.472 e.